The van der Waals surface area contributed by atoms with E-state index in [1.807, 2.05) is 0 Å². The van der Waals surface area contributed by atoms with Crippen LogP contribution >= 0.6 is 24.8 Å². The van der Waals surface area contributed by atoms with Gasteiger partial charge in [-0.25, -0.2) is 0 Å². The molecule has 0 radical (unpaired) electrons. The van der Waals surface area contributed by atoms with Gasteiger partial charge < -0.3 is 0 Å². The van der Waals surface area contributed by atoms with Gasteiger partial charge in [0.15, 0.2) is 0 Å². The molecule has 0 amide bonds. The molecule has 3 aliphatic carbocycles. The normalized spacial score (nSPS) is 19.2. The van der Waals surface area contributed by atoms with Crippen molar-refractivity contribution in [3.8, 4) is 22.3 Å². The van der Waals surface area contributed by atoms with Crippen LogP contribution in [0.1, 0.15) is 120 Å². The van der Waals surface area contributed by atoms with Crippen molar-refractivity contribution < 1.29 is 17.4 Å². The van der Waals surface area contributed by atoms with E-state index < -0.39 is 17.4 Å². The molecule has 1 fully saturated rings. The van der Waals surface area contributed by atoms with E-state index in [4.69, 9.17) is 0 Å². The topological polar surface area (TPSA) is 0 Å². The van der Waals surface area contributed by atoms with Gasteiger partial charge in [0.1, 0.15) is 0 Å². The van der Waals surface area contributed by atoms with Gasteiger partial charge in [0.05, 0.1) is 0 Å². The SMILES string of the molecule is CC1=Cc2c(-c3ccc(C(C)C)cc3)cccc2[CH]1[Zr]([CH3])([CH3])(=[SiH2])[CH]1C(C2CCCCC2)=Cc2c(-c3ccc(C(C)(C)C)cc3)cccc21.Cl.Cl. The summed E-state index contributed by atoms with van der Waals surface area (Å²) in [5.74, 6) is 1.26. The number of hydrogen-bond acceptors (Lipinski definition) is 0. The Kier molecular flexibility index (Phi) is 11.4. The summed E-state index contributed by atoms with van der Waals surface area (Å²) in [6, 6.07) is 33.3. The van der Waals surface area contributed by atoms with E-state index in [2.05, 4.69) is 155 Å². The molecule has 4 aromatic carbocycles. The van der Waals surface area contributed by atoms with Crippen molar-refractivity contribution in [1.82, 2.24) is 0 Å². The number of halogens is 2. The van der Waals surface area contributed by atoms with Crippen molar-refractivity contribution >= 4 is 43.8 Å². The third-order valence-corrected chi connectivity index (χ3v) is 29.9. The van der Waals surface area contributed by atoms with Crippen LogP contribution in [0.25, 0.3) is 34.4 Å². The van der Waals surface area contributed by atoms with Gasteiger partial charge >= 0.3 is 296 Å². The summed E-state index contributed by atoms with van der Waals surface area (Å²) in [7, 11) is 0. The Balaban J connectivity index is 0.00000243. The Morgan fingerprint density at radius 3 is 1.68 bits per heavy atom. The zero-order valence-electron chi connectivity index (χ0n) is 31.6. The minimum absolute atomic E-state index is 0. The standard InChI is InChI=1S/C25H29.C19H19.2CH3.2ClH.H2Si.Zr/c1-25(2,3)22-14-12-19(13-15-22)23-11-7-10-20-16-21(17-24(20)23)18-8-5-4-6-9-18;1-13(2)15-7-9-16(10-8-15)18-6-4-5-17-11-14(3)12-19(17)18;;;;;;/h7,10-18H,4-6,8-9H2,1-3H3;4-13H,1-3H3;2*1H3;2*1H;1H2;. The largest absolute Gasteiger partial charge is 0.147 e. The van der Waals surface area contributed by atoms with Crippen LogP contribution < -0.4 is 0 Å². The molecule has 2 unspecified atom stereocenters. The summed E-state index contributed by atoms with van der Waals surface area (Å²) in [5.41, 5.74) is 18.1. The van der Waals surface area contributed by atoms with Gasteiger partial charge in [-0.2, -0.15) is 0 Å². The molecule has 4 heteroatoms. The minimum Gasteiger partial charge on any atom is -0.147 e. The van der Waals surface area contributed by atoms with Crippen LogP contribution in [-0.4, -0.2) is 6.88 Å². The van der Waals surface area contributed by atoms with Gasteiger partial charge in [-0.05, 0) is 0 Å². The van der Waals surface area contributed by atoms with Gasteiger partial charge in [0.2, 0.25) is 0 Å². The van der Waals surface area contributed by atoms with Gasteiger partial charge in [0.25, 0.3) is 0 Å². The Morgan fingerprint density at radius 2 is 1.16 bits per heavy atom. The van der Waals surface area contributed by atoms with Gasteiger partial charge in [-0.15, -0.1) is 24.8 Å². The van der Waals surface area contributed by atoms with Crippen molar-refractivity contribution in [3.63, 3.8) is 0 Å². The number of fused-ring (bicyclic) bond motifs is 2. The zero-order valence-corrected chi connectivity index (χ0v) is 37.1. The molecule has 1 saturated carbocycles. The second-order valence-corrected chi connectivity index (χ2v) is 48.4. The van der Waals surface area contributed by atoms with E-state index in [0.29, 0.717) is 19.1 Å². The Morgan fingerprint density at radius 1 is 0.660 bits per heavy atom. The van der Waals surface area contributed by atoms with E-state index in [0.717, 1.165) is 0 Å². The molecule has 0 nitrogen and oxygen atoms in total. The molecule has 0 spiro atoms. The van der Waals surface area contributed by atoms with Crippen LogP contribution in [-0.2, 0) is 22.8 Å². The predicted molar refractivity (Wildman–Crippen MR) is 225 cm³/mol. The molecule has 0 aromatic heterocycles. The van der Waals surface area contributed by atoms with Crippen LogP contribution in [0.4, 0.5) is 0 Å². The van der Waals surface area contributed by atoms with Crippen LogP contribution in [0.3, 0.4) is 0 Å². The molecule has 0 heterocycles. The molecular weight excluding hydrogens is 743 g/mol. The second-order valence-electron chi connectivity index (χ2n) is 17.9. The van der Waals surface area contributed by atoms with Gasteiger partial charge in [-0.1, -0.05) is 0 Å². The quantitative estimate of drug-likeness (QED) is 0.170. The molecule has 3 aliphatic rings. The Labute approximate surface area is 318 Å². The Hall–Kier alpha value is -1.96. The van der Waals surface area contributed by atoms with Crippen molar-refractivity contribution in [3.05, 3.63) is 129 Å². The molecule has 0 N–H and O–H groups in total. The first-order chi connectivity index (χ1) is 22.7. The fraction of sp³-hybridized carbons (Fsp3) is 0.391. The van der Waals surface area contributed by atoms with Gasteiger partial charge in [0, 0.05) is 0 Å². The first kappa shape index (κ1) is 39.3. The summed E-state index contributed by atoms with van der Waals surface area (Å²) in [4.78, 5) is 0. The van der Waals surface area contributed by atoms with E-state index >= 15 is 0 Å². The first-order valence-electron chi connectivity index (χ1n) is 18.7. The molecule has 0 aliphatic heterocycles. The maximum Gasteiger partial charge on any atom is -0.147 e. The van der Waals surface area contributed by atoms with Crippen molar-refractivity contribution in [1.29, 1.82) is 0 Å². The average molecular weight is 801 g/mol. The molecule has 7 rings (SSSR count). The third-order valence-electron chi connectivity index (χ3n) is 12.3. The molecule has 0 saturated heterocycles. The summed E-state index contributed by atoms with van der Waals surface area (Å²) < 4.78 is 6.74. The number of allylic oxidation sites excluding steroid dienone is 2. The second kappa shape index (κ2) is 14.5. The third kappa shape index (κ3) is 6.94. The summed E-state index contributed by atoms with van der Waals surface area (Å²) in [5, 5.41) is 0. The van der Waals surface area contributed by atoms with Crippen LogP contribution in [0.15, 0.2) is 96.1 Å². The smallest absolute Gasteiger partial charge is 0.147 e. The molecule has 0 bridgehead atoms. The molecule has 4 aromatic rings. The summed E-state index contributed by atoms with van der Waals surface area (Å²) in [6.45, 7) is 16.5. The fourth-order valence-electron chi connectivity index (χ4n) is 9.95. The Bertz CT molecular complexity index is 1990. The van der Waals surface area contributed by atoms with Crippen LogP contribution in [0.2, 0.25) is 9.26 Å². The number of benzene rings is 4. The maximum atomic E-state index is 2.82. The maximum absolute atomic E-state index is 3.70. The number of rotatable bonds is 6. The van der Waals surface area contributed by atoms with Crippen LogP contribution in [0.5, 0.6) is 0 Å². The van der Waals surface area contributed by atoms with Crippen molar-refractivity contribution in [2.24, 2.45) is 5.92 Å². The van der Waals surface area contributed by atoms with E-state index in [1.165, 1.54) is 76.6 Å². The molecule has 264 valence electrons. The van der Waals surface area contributed by atoms with E-state index in [9.17, 15) is 0 Å². The number of hydrogen-bond donors (Lipinski definition) is 0. The monoisotopic (exact) mass is 798 g/mol. The predicted octanol–water partition coefficient (Wildman–Crippen LogP) is 13.8. The van der Waals surface area contributed by atoms with Crippen molar-refractivity contribution in [2.75, 3.05) is 0 Å². The van der Waals surface area contributed by atoms with Gasteiger partial charge in [-0.3, -0.25) is 0 Å². The molecule has 2 atom stereocenters. The van der Waals surface area contributed by atoms with E-state index in [-0.39, 0.29) is 30.2 Å². The van der Waals surface area contributed by atoms with Crippen molar-refractivity contribution in [2.45, 2.75) is 101 Å². The fourth-order valence-corrected chi connectivity index (χ4v) is 30.3. The molecule has 50 heavy (non-hydrogen) atoms. The minimum atomic E-state index is -3.70. The average Bonchev–Trinajstić information content (AvgIpc) is 3.64. The van der Waals surface area contributed by atoms with Crippen LogP contribution in [0, 0.1) is 5.92 Å². The first-order valence-corrected chi connectivity index (χ1v) is 32.3. The zero-order chi connectivity index (χ0) is 34.0. The summed E-state index contributed by atoms with van der Waals surface area (Å²) in [6.07, 6.45) is 12.2. The summed E-state index contributed by atoms with van der Waals surface area (Å²) >= 11 is -3.70. The van der Waals surface area contributed by atoms with E-state index in [1.54, 1.807) is 22.3 Å². The molecular formula is C46H58Cl2SiZr.